The Morgan fingerprint density at radius 1 is 1.12 bits per heavy atom. The first-order valence-electron chi connectivity index (χ1n) is 7.50. The van der Waals surface area contributed by atoms with Gasteiger partial charge in [0.15, 0.2) is 0 Å². The topological polar surface area (TPSA) is 79.1 Å². The summed E-state index contributed by atoms with van der Waals surface area (Å²) in [5.74, 6) is 0.588. The summed E-state index contributed by atoms with van der Waals surface area (Å²) in [6.07, 6.45) is 1.81. The van der Waals surface area contributed by atoms with E-state index >= 15 is 0 Å². The van der Waals surface area contributed by atoms with Crippen LogP contribution in [0.4, 0.5) is 0 Å². The van der Waals surface area contributed by atoms with Crippen molar-refractivity contribution in [3.8, 4) is 11.5 Å². The predicted molar refractivity (Wildman–Crippen MR) is 91.4 cm³/mol. The van der Waals surface area contributed by atoms with E-state index in [4.69, 9.17) is 13.7 Å². The first-order valence-corrected chi connectivity index (χ1v) is 8.91. The fraction of sp³-hybridized carbons (Fsp3) is 0.235. The van der Waals surface area contributed by atoms with Crippen LogP contribution in [0, 0.1) is 6.92 Å². The molecule has 132 valence electrons. The van der Waals surface area contributed by atoms with Crippen LogP contribution in [0.15, 0.2) is 47.5 Å². The van der Waals surface area contributed by atoms with Crippen molar-refractivity contribution in [2.24, 2.45) is 0 Å². The molecular formula is C17H18N2O5S. The Hall–Kier alpha value is -2.58. The van der Waals surface area contributed by atoms with Crippen molar-refractivity contribution in [1.29, 1.82) is 0 Å². The number of imidazole rings is 1. The number of methoxy groups -OCH3 is 2. The second-order valence-electron chi connectivity index (χ2n) is 5.31. The van der Waals surface area contributed by atoms with E-state index in [-0.39, 0.29) is 17.3 Å². The van der Waals surface area contributed by atoms with Crippen molar-refractivity contribution in [3.63, 3.8) is 0 Å². The molecule has 0 unspecified atom stereocenters. The van der Waals surface area contributed by atoms with Crippen molar-refractivity contribution in [3.05, 3.63) is 54.0 Å². The molecule has 0 saturated heterocycles. The zero-order valence-corrected chi connectivity index (χ0v) is 14.9. The minimum Gasteiger partial charge on any atom is -0.497 e. The first kappa shape index (κ1) is 17.2. The average Bonchev–Trinajstić information content (AvgIpc) is 2.94. The van der Waals surface area contributed by atoms with Crippen molar-refractivity contribution in [1.82, 2.24) is 9.38 Å². The van der Waals surface area contributed by atoms with Gasteiger partial charge >= 0.3 is 10.1 Å². The summed E-state index contributed by atoms with van der Waals surface area (Å²) in [5.41, 5.74) is 2.11. The van der Waals surface area contributed by atoms with Gasteiger partial charge in [-0.3, -0.25) is 4.18 Å². The summed E-state index contributed by atoms with van der Waals surface area (Å²) in [7, 11) is -1.19. The average molecular weight is 362 g/mol. The summed E-state index contributed by atoms with van der Waals surface area (Å²) in [5, 5.41) is 0. The summed E-state index contributed by atoms with van der Waals surface area (Å²) < 4.78 is 42.6. The molecular weight excluding hydrogens is 344 g/mol. The van der Waals surface area contributed by atoms with Crippen LogP contribution in [-0.2, 0) is 20.9 Å². The summed E-state index contributed by atoms with van der Waals surface area (Å²) in [6, 6.07) is 10.1. The molecule has 0 aliphatic heterocycles. The Bertz CT molecular complexity index is 1010. The van der Waals surface area contributed by atoms with E-state index in [1.807, 2.05) is 31.3 Å². The number of hydrogen-bond acceptors (Lipinski definition) is 6. The van der Waals surface area contributed by atoms with Crippen LogP contribution in [0.1, 0.15) is 11.4 Å². The molecule has 2 aromatic heterocycles. The highest BCUT2D eigenvalue weighted by Crippen LogP contribution is 2.30. The van der Waals surface area contributed by atoms with E-state index in [0.29, 0.717) is 17.1 Å². The van der Waals surface area contributed by atoms with Crippen LogP contribution < -0.4 is 9.47 Å². The zero-order chi connectivity index (χ0) is 18.0. The van der Waals surface area contributed by atoms with Gasteiger partial charge in [-0.25, -0.2) is 4.98 Å². The third kappa shape index (κ3) is 3.31. The molecule has 2 heterocycles. The lowest BCUT2D eigenvalue weighted by molar-refractivity contribution is 0.298. The number of pyridine rings is 1. The predicted octanol–water partition coefficient (Wildman–Crippen LogP) is 2.57. The van der Waals surface area contributed by atoms with Crippen LogP contribution in [-0.4, -0.2) is 32.0 Å². The van der Waals surface area contributed by atoms with Crippen molar-refractivity contribution >= 4 is 15.8 Å². The number of aryl methyl sites for hydroxylation is 1. The highest BCUT2D eigenvalue weighted by atomic mass is 32.2. The quantitative estimate of drug-likeness (QED) is 0.627. The maximum atomic E-state index is 12.6. The van der Waals surface area contributed by atoms with Crippen LogP contribution in [0.5, 0.6) is 11.5 Å². The van der Waals surface area contributed by atoms with Crippen molar-refractivity contribution < 1.29 is 22.1 Å². The van der Waals surface area contributed by atoms with Gasteiger partial charge < -0.3 is 13.9 Å². The molecule has 3 aromatic rings. The standard InChI is InChI=1S/C17H18N2O5S/c1-12-14(19-9-5-4-6-17(19)18-12)11-24-25(20,21)16-10-13(22-2)7-8-15(16)23-3/h4-10H,11H2,1-3H3. The minimum absolute atomic E-state index is 0.0826. The number of hydrogen-bond donors (Lipinski definition) is 0. The molecule has 0 spiro atoms. The third-order valence-electron chi connectivity index (χ3n) is 3.82. The Labute approximate surface area is 145 Å². The second-order valence-corrected chi connectivity index (χ2v) is 6.89. The van der Waals surface area contributed by atoms with Gasteiger partial charge in [0.25, 0.3) is 0 Å². The molecule has 0 saturated carbocycles. The van der Waals surface area contributed by atoms with Gasteiger partial charge in [0.05, 0.1) is 25.6 Å². The molecule has 0 fully saturated rings. The van der Waals surface area contributed by atoms with Crippen LogP contribution in [0.3, 0.4) is 0 Å². The van der Waals surface area contributed by atoms with E-state index in [1.54, 1.807) is 10.5 Å². The molecule has 0 amide bonds. The van der Waals surface area contributed by atoms with Gasteiger partial charge in [-0.05, 0) is 31.2 Å². The Morgan fingerprint density at radius 2 is 1.92 bits per heavy atom. The maximum Gasteiger partial charge on any atom is 0.301 e. The number of nitrogens with zero attached hydrogens (tertiary/aromatic N) is 2. The maximum absolute atomic E-state index is 12.6. The molecule has 0 radical (unpaired) electrons. The summed E-state index contributed by atoms with van der Waals surface area (Å²) >= 11 is 0. The van der Waals surface area contributed by atoms with Gasteiger partial charge in [0.1, 0.15) is 28.6 Å². The minimum atomic E-state index is -4.04. The molecule has 1 aromatic carbocycles. The number of rotatable bonds is 6. The lowest BCUT2D eigenvalue weighted by Gasteiger charge is -2.11. The van der Waals surface area contributed by atoms with Crippen LogP contribution in [0.25, 0.3) is 5.65 Å². The van der Waals surface area contributed by atoms with Gasteiger partial charge in [0, 0.05) is 12.3 Å². The molecule has 0 aliphatic rings. The molecule has 0 N–H and O–H groups in total. The highest BCUT2D eigenvalue weighted by Gasteiger charge is 2.23. The van der Waals surface area contributed by atoms with Gasteiger partial charge in [-0.1, -0.05) is 6.07 Å². The monoisotopic (exact) mass is 362 g/mol. The fourth-order valence-corrected chi connectivity index (χ4v) is 3.57. The smallest absolute Gasteiger partial charge is 0.301 e. The van der Waals surface area contributed by atoms with Gasteiger partial charge in [-0.2, -0.15) is 8.42 Å². The van der Waals surface area contributed by atoms with E-state index in [2.05, 4.69) is 4.98 Å². The SMILES string of the molecule is COc1ccc(OC)c(S(=O)(=O)OCc2c(C)nc3ccccn23)c1. The molecule has 3 rings (SSSR count). The van der Waals surface area contributed by atoms with Crippen molar-refractivity contribution in [2.45, 2.75) is 18.4 Å². The Morgan fingerprint density at radius 3 is 2.64 bits per heavy atom. The largest absolute Gasteiger partial charge is 0.497 e. The number of ether oxygens (including phenoxy) is 2. The van der Waals surface area contributed by atoms with E-state index in [0.717, 1.165) is 5.65 Å². The fourth-order valence-electron chi connectivity index (χ4n) is 2.51. The molecule has 0 atom stereocenters. The summed E-state index contributed by atoms with van der Waals surface area (Å²) in [6.45, 7) is 1.67. The number of benzene rings is 1. The Kier molecular flexibility index (Phi) is 4.65. The number of fused-ring (bicyclic) bond motifs is 1. The lowest BCUT2D eigenvalue weighted by Crippen LogP contribution is -2.10. The first-order chi connectivity index (χ1) is 12.0. The van der Waals surface area contributed by atoms with E-state index in [9.17, 15) is 8.42 Å². The molecule has 0 bridgehead atoms. The van der Waals surface area contributed by atoms with Gasteiger partial charge in [0.2, 0.25) is 0 Å². The molecule has 0 aliphatic carbocycles. The van der Waals surface area contributed by atoms with Gasteiger partial charge in [-0.15, -0.1) is 0 Å². The third-order valence-corrected chi connectivity index (χ3v) is 5.11. The van der Waals surface area contributed by atoms with Crippen LogP contribution >= 0.6 is 0 Å². The summed E-state index contributed by atoms with van der Waals surface area (Å²) in [4.78, 5) is 4.31. The van der Waals surface area contributed by atoms with Crippen molar-refractivity contribution in [2.75, 3.05) is 14.2 Å². The Balaban J connectivity index is 1.93. The van der Waals surface area contributed by atoms with Crippen LogP contribution in [0.2, 0.25) is 0 Å². The van der Waals surface area contributed by atoms with E-state index in [1.165, 1.54) is 26.4 Å². The lowest BCUT2D eigenvalue weighted by atomic mass is 10.3. The second kappa shape index (κ2) is 6.73. The normalized spacial score (nSPS) is 11.6. The highest BCUT2D eigenvalue weighted by molar-refractivity contribution is 7.86. The van der Waals surface area contributed by atoms with E-state index < -0.39 is 10.1 Å². The molecule has 25 heavy (non-hydrogen) atoms. The molecule has 7 nitrogen and oxygen atoms in total. The number of aromatic nitrogens is 2. The molecule has 8 heteroatoms. The zero-order valence-electron chi connectivity index (χ0n) is 14.1.